The minimum Gasteiger partial charge on any atom is -0.462 e. The molecule has 0 saturated carbocycles. The van der Waals surface area contributed by atoms with Gasteiger partial charge in [-0.1, -0.05) is 42.5 Å². The van der Waals surface area contributed by atoms with Crippen LogP contribution in [-0.4, -0.2) is 316 Å². The van der Waals surface area contributed by atoms with E-state index >= 15 is 0 Å². The smallest absolute Gasteiger partial charge is 0.248 e. The third-order valence-electron chi connectivity index (χ3n) is 15.7. The van der Waals surface area contributed by atoms with Gasteiger partial charge in [-0.3, -0.25) is 34.8 Å². The molecule has 1 radical (unpaired) electrons. The maximum Gasteiger partial charge on any atom is 0.248 e. The van der Waals surface area contributed by atoms with Gasteiger partial charge in [-0.2, -0.15) is 0 Å². The van der Waals surface area contributed by atoms with Crippen LogP contribution in [0.1, 0.15) is 11.1 Å². The molecule has 24 N–H and O–H groups in total. The molecule has 5 saturated heterocycles. The van der Waals surface area contributed by atoms with Crippen molar-refractivity contribution in [1.82, 2.24) is 41.7 Å². The fourth-order valence-electron chi connectivity index (χ4n) is 10.5. The summed E-state index contributed by atoms with van der Waals surface area (Å²) in [6.45, 7) is -4.27. The molecule has 19 unspecified atom stereocenters. The van der Waals surface area contributed by atoms with Crippen molar-refractivity contribution in [3.63, 3.8) is 0 Å². The van der Waals surface area contributed by atoms with E-state index in [-0.39, 0.29) is 30.2 Å². The first-order chi connectivity index (χ1) is 41.4. The summed E-state index contributed by atoms with van der Waals surface area (Å²) >= 11 is 0. The van der Waals surface area contributed by atoms with Crippen LogP contribution >= 0.6 is 0 Å². The van der Waals surface area contributed by atoms with E-state index in [0.717, 1.165) is 11.9 Å². The van der Waals surface area contributed by atoms with Crippen LogP contribution in [0, 0.1) is 10.8 Å². The monoisotopic (exact) mass is 1240 g/mol. The summed E-state index contributed by atoms with van der Waals surface area (Å²) in [5, 5.41) is 181. The van der Waals surface area contributed by atoms with E-state index in [1.54, 1.807) is 30.3 Å². The van der Waals surface area contributed by atoms with Gasteiger partial charge in [0.15, 0.2) is 24.4 Å². The van der Waals surface area contributed by atoms with Crippen LogP contribution in [0.15, 0.2) is 54.6 Å². The Hall–Kier alpha value is -6.43. The first kappa shape index (κ1) is 68.1. The molecule has 0 spiro atoms. The molecule has 2 aromatic carbocycles. The Bertz CT molecular complexity index is 2660. The lowest BCUT2D eigenvalue weighted by molar-refractivity contribution is -0.352. The van der Waals surface area contributed by atoms with Crippen LogP contribution in [0.2, 0.25) is 0 Å². The predicted molar refractivity (Wildman–Crippen MR) is 290 cm³/mol. The lowest BCUT2D eigenvalue weighted by atomic mass is 9.95. The quantitative estimate of drug-likeness (QED) is 0.0416. The Morgan fingerprint density at radius 1 is 0.690 bits per heavy atom. The zero-order valence-electron chi connectivity index (χ0n) is 46.5. The molecule has 0 aromatic heterocycles. The van der Waals surface area contributed by atoms with Gasteiger partial charge in [0.25, 0.3) is 0 Å². The van der Waals surface area contributed by atoms with Gasteiger partial charge >= 0.3 is 0 Å². The molecule has 483 valence electrons. The van der Waals surface area contributed by atoms with Gasteiger partial charge < -0.3 is 143 Å². The first-order valence-corrected chi connectivity index (χ1v) is 27.5. The van der Waals surface area contributed by atoms with Gasteiger partial charge in [0.05, 0.1) is 44.6 Å². The molecule has 7 rings (SSSR count). The average molecular weight is 1240 g/mol. The normalized spacial score (nSPS) is 33.2. The topological polar surface area (TPSA) is 567 Å². The minimum atomic E-state index is -2.27. The van der Waals surface area contributed by atoms with Crippen molar-refractivity contribution in [3.8, 4) is 5.75 Å². The maximum absolute atomic E-state index is 14.9. The van der Waals surface area contributed by atoms with Crippen LogP contribution < -0.4 is 42.4 Å². The Morgan fingerprint density at radius 3 is 1.87 bits per heavy atom. The number of hydrogen-bond donors (Lipinski definition) is 23. The zero-order valence-corrected chi connectivity index (χ0v) is 46.5. The number of likely N-dealkylation sites (N-methyl/N-ethyl adjacent to an activating group) is 1. The number of guanidine groups is 2. The molecule has 87 heavy (non-hydrogen) atoms. The maximum atomic E-state index is 14.9. The number of aliphatic hydroxyl groups excluding tert-OH is 14. The Labute approximate surface area is 495 Å². The highest BCUT2D eigenvalue weighted by molar-refractivity contribution is 5.96. The highest BCUT2D eigenvalue weighted by atomic mass is 16.7. The average Bonchev–Trinajstić information content (AvgIpc) is 2.30. The van der Waals surface area contributed by atoms with Gasteiger partial charge in [-0.05, 0) is 29.7 Å². The molecular formula is C52H76N11O24. The first-order valence-electron chi connectivity index (χ1n) is 27.5. The second-order valence-corrected chi connectivity index (χ2v) is 21.5. The van der Waals surface area contributed by atoms with Crippen molar-refractivity contribution < 1.29 is 119 Å². The lowest BCUT2D eigenvalue weighted by Gasteiger charge is -2.46. The van der Waals surface area contributed by atoms with Crippen LogP contribution in [-0.2, 0) is 55.8 Å². The van der Waals surface area contributed by atoms with E-state index < -0.39 is 216 Å². The van der Waals surface area contributed by atoms with E-state index in [1.165, 1.54) is 30.6 Å². The highest BCUT2D eigenvalue weighted by Crippen LogP contribution is 2.32. The van der Waals surface area contributed by atoms with Gasteiger partial charge in [-0.25, -0.2) is 0 Å². The van der Waals surface area contributed by atoms with Gasteiger partial charge in [-0.15, -0.1) is 0 Å². The zero-order chi connectivity index (χ0) is 63.7. The van der Waals surface area contributed by atoms with Crippen molar-refractivity contribution >= 4 is 41.8 Å². The number of nitrogens with one attached hydrogen (secondary N) is 8. The van der Waals surface area contributed by atoms with E-state index in [4.69, 9.17) is 40.2 Å². The molecule has 5 aliphatic rings. The molecule has 35 nitrogen and oxygen atoms in total. The van der Waals surface area contributed by atoms with Crippen LogP contribution in [0.4, 0.5) is 0 Å². The van der Waals surface area contributed by atoms with Gasteiger partial charge in [0.1, 0.15) is 115 Å². The Morgan fingerprint density at radius 2 is 1.28 bits per heavy atom. The van der Waals surface area contributed by atoms with Gasteiger partial charge in [0, 0.05) is 26.6 Å². The van der Waals surface area contributed by atoms with Crippen molar-refractivity contribution in [2.75, 3.05) is 46.6 Å². The number of hydrogen-bond acceptors (Lipinski definition) is 27. The van der Waals surface area contributed by atoms with E-state index in [1.807, 2.05) is 0 Å². The highest BCUT2D eigenvalue weighted by Gasteiger charge is 2.54. The van der Waals surface area contributed by atoms with Crippen molar-refractivity contribution in [2.24, 2.45) is 5.73 Å². The minimum absolute atomic E-state index is 0.0281. The third-order valence-corrected chi connectivity index (χ3v) is 15.7. The largest absolute Gasteiger partial charge is 0.462 e. The SMILES string of the molecule is CN(C(=O)[C@@H](NC(=O)[C@@H](NC(=O)[C@H](Cc1ccc(OC2OC(CO)C(OC3OC(CO)C(O)C(O)C3O)C(O)C2O)cc1)NC(=O)[C@@H](N)Cc1ccccc1)C(O)C1CNC(=N)N1)C(O)C1CNC(=N)N1C1OC(CO)C(O)C(O)C1O)[C@H]([C]=O)CO. The summed E-state index contributed by atoms with van der Waals surface area (Å²) in [5.74, 6) is -5.76. The summed E-state index contributed by atoms with van der Waals surface area (Å²) in [6, 6.07) is 1.92. The van der Waals surface area contributed by atoms with Crippen molar-refractivity contribution in [2.45, 2.75) is 159 Å². The Balaban J connectivity index is 1.15. The molecule has 0 aliphatic carbocycles. The van der Waals surface area contributed by atoms with E-state index in [9.17, 15) is 95.5 Å². The Kier molecular flexibility index (Phi) is 23.6. The number of amides is 4. The van der Waals surface area contributed by atoms with Crippen LogP contribution in [0.25, 0.3) is 0 Å². The van der Waals surface area contributed by atoms with Crippen molar-refractivity contribution in [3.05, 3.63) is 65.7 Å². The second-order valence-electron chi connectivity index (χ2n) is 21.5. The summed E-state index contributed by atoms with van der Waals surface area (Å²) in [7, 11) is 1.00. The molecule has 5 fully saturated rings. The molecule has 35 heteroatoms. The fraction of sp³-hybridized carbons (Fsp3) is 0.635. The molecular weight excluding hydrogens is 1160 g/mol. The summed E-state index contributed by atoms with van der Waals surface area (Å²) in [5.41, 5.74) is 7.24. The number of nitrogens with two attached hydrogens (primary N) is 1. The molecule has 24 atom stereocenters. The van der Waals surface area contributed by atoms with Gasteiger partial charge in [0.2, 0.25) is 36.2 Å². The molecule has 5 heterocycles. The number of ether oxygens (including phenoxy) is 5. The molecule has 0 bridgehead atoms. The predicted octanol–water partition coefficient (Wildman–Crippen LogP) is -12.6. The summed E-state index contributed by atoms with van der Waals surface area (Å²) < 4.78 is 28.2. The third kappa shape index (κ3) is 15.5. The number of carbonyl (C=O) groups is 4. The standard InChI is InChI=1S/C52H76N11O24/c1-62(22(15-64)16-65)47(82)32(34(70)27-14-57-52(55)63(27)48-40(76)37(73)35(71)28(17-66)84-48)61-46(81)31(33(69)26-13-56-51(54)59-26)60-45(80)25(58-44(79)24(53)11-20-5-3-2-4-6-20)12-21-7-9-23(10-8-21)83-49-42(78)39(75)43(30(19-68)86-49)87-50-41(77)38(74)36(72)29(18-67)85-50/h2-10,22,24-43,48-50,64,66-78H,11-15,17-19,53H2,1H3,(H2,55,57)(H,58,79)(H,60,80)(H,61,81)(H3,54,56,59)/t22-,24-,25-,26?,27?,28?,29?,30?,31-,32-,33?,34?,35?,36?,37?,38?,39?,40?,41?,42?,43?,48?,49?,50?/m0/s1. The van der Waals surface area contributed by atoms with Crippen molar-refractivity contribution in [1.29, 1.82) is 10.8 Å². The fourth-order valence-corrected chi connectivity index (χ4v) is 10.5. The second kappa shape index (κ2) is 30.2. The molecule has 5 aliphatic heterocycles. The number of aliphatic hydroxyl groups is 14. The number of carbonyl (C=O) groups excluding carboxylic acids is 5. The summed E-state index contributed by atoms with van der Waals surface area (Å²) in [4.78, 5) is 71.5. The molecule has 4 amide bonds. The molecule has 2 aromatic rings. The van der Waals surface area contributed by atoms with Crippen LogP contribution in [0.5, 0.6) is 5.75 Å². The lowest BCUT2D eigenvalue weighted by Crippen LogP contribution is -2.69. The van der Waals surface area contributed by atoms with E-state index in [2.05, 4.69) is 31.9 Å². The number of benzene rings is 2. The summed E-state index contributed by atoms with van der Waals surface area (Å²) in [6.07, 6.45) is -29.9. The number of nitrogens with zero attached hydrogens (tertiary/aromatic N) is 2. The van der Waals surface area contributed by atoms with E-state index in [0.29, 0.717) is 10.5 Å². The number of rotatable bonds is 26. The van der Waals surface area contributed by atoms with Crippen LogP contribution in [0.3, 0.4) is 0 Å².